The fourth-order valence-corrected chi connectivity index (χ4v) is 6.54. The Morgan fingerprint density at radius 3 is 2.53 bits per heavy atom. The van der Waals surface area contributed by atoms with Crippen molar-refractivity contribution in [2.75, 3.05) is 13.1 Å². The molecule has 2 atom stereocenters. The van der Waals surface area contributed by atoms with Crippen molar-refractivity contribution in [2.24, 2.45) is 5.92 Å². The lowest BCUT2D eigenvalue weighted by Gasteiger charge is -2.37. The van der Waals surface area contributed by atoms with Gasteiger partial charge in [-0.05, 0) is 64.2 Å². The van der Waals surface area contributed by atoms with Crippen molar-refractivity contribution < 1.29 is 30.9 Å². The van der Waals surface area contributed by atoms with E-state index in [1.165, 1.54) is 17.3 Å². The van der Waals surface area contributed by atoms with Crippen molar-refractivity contribution in [1.82, 2.24) is 14.4 Å². The summed E-state index contributed by atoms with van der Waals surface area (Å²) in [6.07, 6.45) is -1.88. The van der Waals surface area contributed by atoms with Gasteiger partial charge in [0.05, 0.1) is 17.5 Å². The number of hydrogen-bond donors (Lipinski definition) is 0. The van der Waals surface area contributed by atoms with Crippen LogP contribution in [0.25, 0.3) is 0 Å². The number of carbonyl (C=O) groups excluding carboxylic acids is 1. The zero-order chi connectivity index (χ0) is 24.8. The lowest BCUT2D eigenvalue weighted by atomic mass is 9.95. The van der Waals surface area contributed by atoms with Gasteiger partial charge in [-0.25, -0.2) is 8.42 Å². The number of alkyl halides is 3. The summed E-state index contributed by atoms with van der Waals surface area (Å²) in [5.74, 6) is -0.590. The van der Waals surface area contributed by atoms with Crippen molar-refractivity contribution in [1.29, 1.82) is 0 Å². The molecule has 2 unspecified atom stereocenters. The molecule has 2 aromatic rings. The molecule has 0 radical (unpaired) electrons. The molecule has 34 heavy (non-hydrogen) atoms. The van der Waals surface area contributed by atoms with Crippen LogP contribution in [0.4, 0.5) is 13.2 Å². The maximum absolute atomic E-state index is 13.6. The molecule has 0 bridgehead atoms. The van der Waals surface area contributed by atoms with E-state index < -0.39 is 33.7 Å². The molecule has 7 nitrogen and oxygen atoms in total. The molecular formula is C23H28F3N3O4S. The standard InChI is InChI=1S/C23H28F3N3O4S/c1-14-21(16(3)33-27-14)34(31,32)28-11-5-7-18(13-28)22(30)29(20-9-10-20)15(2)17-6-4-8-19(12-17)23(24,25)26/h4,6,8,12,15,18,20H,5,7,9-11,13H2,1-3H3. The van der Waals surface area contributed by atoms with Crippen LogP contribution < -0.4 is 0 Å². The Morgan fingerprint density at radius 1 is 1.24 bits per heavy atom. The average Bonchev–Trinajstić information content (AvgIpc) is 3.56. The lowest BCUT2D eigenvalue weighted by molar-refractivity contribution is -0.139. The number of piperidine rings is 1. The number of aromatic nitrogens is 1. The number of rotatable bonds is 6. The summed E-state index contributed by atoms with van der Waals surface area (Å²) in [7, 11) is -3.89. The Morgan fingerprint density at radius 2 is 1.94 bits per heavy atom. The minimum atomic E-state index is -4.47. The van der Waals surface area contributed by atoms with Gasteiger partial charge in [0.25, 0.3) is 0 Å². The summed E-state index contributed by atoms with van der Waals surface area (Å²) >= 11 is 0. The molecular weight excluding hydrogens is 471 g/mol. The third-order valence-corrected chi connectivity index (χ3v) is 8.72. The normalized spacial score (nSPS) is 20.8. The van der Waals surface area contributed by atoms with Gasteiger partial charge in [0.2, 0.25) is 15.9 Å². The minimum absolute atomic E-state index is 0.0176. The number of amides is 1. The van der Waals surface area contributed by atoms with Gasteiger partial charge in [-0.1, -0.05) is 17.3 Å². The molecule has 4 rings (SSSR count). The zero-order valence-electron chi connectivity index (χ0n) is 19.3. The molecule has 2 heterocycles. The van der Waals surface area contributed by atoms with E-state index in [4.69, 9.17) is 4.52 Å². The molecule has 1 amide bonds. The Bertz CT molecular complexity index is 1150. The highest BCUT2D eigenvalue weighted by atomic mass is 32.2. The molecule has 11 heteroatoms. The van der Waals surface area contributed by atoms with Crippen molar-refractivity contribution in [3.63, 3.8) is 0 Å². The first-order chi connectivity index (χ1) is 15.9. The third kappa shape index (κ3) is 4.72. The highest BCUT2D eigenvalue weighted by Crippen LogP contribution is 2.39. The third-order valence-electron chi connectivity index (χ3n) is 6.61. The first-order valence-electron chi connectivity index (χ1n) is 11.3. The van der Waals surface area contributed by atoms with E-state index in [1.807, 2.05) is 0 Å². The van der Waals surface area contributed by atoms with E-state index in [2.05, 4.69) is 5.16 Å². The van der Waals surface area contributed by atoms with Gasteiger partial charge in [0.15, 0.2) is 5.76 Å². The molecule has 2 fully saturated rings. The number of benzene rings is 1. The van der Waals surface area contributed by atoms with E-state index in [9.17, 15) is 26.4 Å². The first kappa shape index (κ1) is 24.7. The number of hydrogen-bond acceptors (Lipinski definition) is 5. The van der Waals surface area contributed by atoms with Gasteiger partial charge in [-0.15, -0.1) is 0 Å². The van der Waals surface area contributed by atoms with Gasteiger partial charge in [-0.2, -0.15) is 17.5 Å². The second kappa shape index (κ2) is 8.99. The van der Waals surface area contributed by atoms with Crippen LogP contribution in [0.2, 0.25) is 0 Å². The van der Waals surface area contributed by atoms with E-state index in [0.29, 0.717) is 18.4 Å². The van der Waals surface area contributed by atoms with Crippen LogP contribution >= 0.6 is 0 Å². The molecule has 1 saturated heterocycles. The van der Waals surface area contributed by atoms with Crippen molar-refractivity contribution in [2.45, 2.75) is 69.6 Å². The van der Waals surface area contributed by atoms with Crippen LogP contribution in [0.1, 0.15) is 61.2 Å². The first-order valence-corrected chi connectivity index (χ1v) is 12.8. The van der Waals surface area contributed by atoms with E-state index >= 15 is 0 Å². The molecule has 1 aliphatic carbocycles. The molecule has 2 aliphatic rings. The number of aryl methyl sites for hydroxylation is 2. The molecule has 1 aliphatic heterocycles. The topological polar surface area (TPSA) is 83.7 Å². The van der Waals surface area contributed by atoms with Crippen molar-refractivity contribution in [3.8, 4) is 0 Å². The van der Waals surface area contributed by atoms with Gasteiger partial charge >= 0.3 is 6.18 Å². The maximum atomic E-state index is 13.6. The minimum Gasteiger partial charge on any atom is -0.360 e. The SMILES string of the molecule is Cc1noc(C)c1S(=O)(=O)N1CCCC(C(=O)N(C2CC2)C(C)c2cccc(C(F)(F)F)c2)C1. The van der Waals surface area contributed by atoms with Crippen LogP contribution in [0, 0.1) is 19.8 Å². The predicted octanol–water partition coefficient (Wildman–Crippen LogP) is 4.46. The molecule has 186 valence electrons. The second-order valence-electron chi connectivity index (χ2n) is 9.13. The van der Waals surface area contributed by atoms with E-state index in [1.54, 1.807) is 24.8 Å². The summed E-state index contributed by atoms with van der Waals surface area (Å²) in [4.78, 5) is 15.3. The van der Waals surface area contributed by atoms with Gasteiger partial charge in [0, 0.05) is 19.1 Å². The Kier molecular flexibility index (Phi) is 6.54. The van der Waals surface area contributed by atoms with Crippen LogP contribution in [0.5, 0.6) is 0 Å². The summed E-state index contributed by atoms with van der Waals surface area (Å²) in [5, 5.41) is 3.74. The second-order valence-corrected chi connectivity index (χ2v) is 11.0. The van der Waals surface area contributed by atoms with Gasteiger partial charge < -0.3 is 9.42 Å². The van der Waals surface area contributed by atoms with Gasteiger partial charge in [-0.3, -0.25) is 4.79 Å². The van der Waals surface area contributed by atoms with Crippen molar-refractivity contribution in [3.05, 3.63) is 46.8 Å². The number of sulfonamides is 1. The highest BCUT2D eigenvalue weighted by Gasteiger charge is 2.43. The zero-order valence-corrected chi connectivity index (χ0v) is 20.1. The fourth-order valence-electron chi connectivity index (χ4n) is 4.72. The Labute approximate surface area is 196 Å². The highest BCUT2D eigenvalue weighted by molar-refractivity contribution is 7.89. The van der Waals surface area contributed by atoms with Gasteiger partial charge in [0.1, 0.15) is 10.6 Å². The summed E-state index contributed by atoms with van der Waals surface area (Å²) in [6, 6.07) is 4.43. The number of nitrogens with zero attached hydrogens (tertiary/aromatic N) is 3. The summed E-state index contributed by atoms with van der Waals surface area (Å²) < 4.78 is 72.5. The van der Waals surface area contributed by atoms with E-state index in [-0.39, 0.29) is 41.4 Å². The Hall–Kier alpha value is -2.40. The average molecular weight is 500 g/mol. The quantitative estimate of drug-likeness (QED) is 0.586. The predicted molar refractivity (Wildman–Crippen MR) is 117 cm³/mol. The monoisotopic (exact) mass is 499 g/mol. The lowest BCUT2D eigenvalue weighted by Crippen LogP contribution is -2.48. The van der Waals surface area contributed by atoms with E-state index in [0.717, 1.165) is 25.0 Å². The smallest absolute Gasteiger partial charge is 0.360 e. The summed E-state index contributed by atoms with van der Waals surface area (Å²) in [5.41, 5.74) is -0.0794. The molecule has 0 spiro atoms. The van der Waals surface area contributed by atoms with Crippen LogP contribution in [-0.2, 0) is 21.0 Å². The molecule has 1 saturated carbocycles. The van der Waals surface area contributed by atoms with Crippen LogP contribution in [0.15, 0.2) is 33.7 Å². The van der Waals surface area contributed by atoms with Crippen LogP contribution in [-0.4, -0.2) is 47.8 Å². The molecule has 1 aromatic carbocycles. The summed E-state index contributed by atoms with van der Waals surface area (Å²) in [6.45, 7) is 5.12. The number of carbonyl (C=O) groups is 1. The fraction of sp³-hybridized carbons (Fsp3) is 0.565. The maximum Gasteiger partial charge on any atom is 0.416 e. The molecule has 1 aromatic heterocycles. The van der Waals surface area contributed by atoms with Crippen LogP contribution in [0.3, 0.4) is 0 Å². The van der Waals surface area contributed by atoms with Crippen molar-refractivity contribution >= 4 is 15.9 Å². The largest absolute Gasteiger partial charge is 0.416 e. The number of halogens is 3. The Balaban J connectivity index is 1.57. The molecule has 0 N–H and O–H groups in total.